The van der Waals surface area contributed by atoms with E-state index < -0.39 is 5.97 Å². The Hall–Kier alpha value is -2.03. The van der Waals surface area contributed by atoms with Gasteiger partial charge in [0.2, 0.25) is 0 Å². The number of carboxylic acids is 1. The van der Waals surface area contributed by atoms with Crippen LogP contribution in [-0.4, -0.2) is 15.6 Å². The molecule has 92 valence electrons. The van der Waals surface area contributed by atoms with Gasteiger partial charge in [-0.2, -0.15) is 0 Å². The smallest absolute Gasteiger partial charge is 0.337 e. The van der Waals surface area contributed by atoms with Gasteiger partial charge in [0, 0.05) is 17.4 Å². The van der Waals surface area contributed by atoms with E-state index in [0.29, 0.717) is 11.6 Å². The Morgan fingerprint density at radius 1 is 1.28 bits per heavy atom. The molecule has 1 aliphatic rings. The van der Waals surface area contributed by atoms with Crippen molar-refractivity contribution in [1.82, 2.24) is 4.57 Å². The second kappa shape index (κ2) is 4.02. The molecule has 0 saturated heterocycles. The third-order valence-corrected chi connectivity index (χ3v) is 3.50. The minimum Gasteiger partial charge on any atom is -0.478 e. The molecule has 1 aromatic carbocycles. The summed E-state index contributed by atoms with van der Waals surface area (Å²) in [7, 11) is 0. The maximum Gasteiger partial charge on any atom is 0.337 e. The van der Waals surface area contributed by atoms with Crippen molar-refractivity contribution in [2.75, 3.05) is 0 Å². The molecule has 1 N–H and O–H groups in total. The van der Waals surface area contributed by atoms with Crippen LogP contribution in [0.25, 0.3) is 11.3 Å². The van der Waals surface area contributed by atoms with Crippen LogP contribution in [-0.2, 0) is 0 Å². The largest absolute Gasteiger partial charge is 0.478 e. The van der Waals surface area contributed by atoms with E-state index in [1.807, 2.05) is 37.3 Å². The summed E-state index contributed by atoms with van der Waals surface area (Å²) < 4.78 is 2.18. The molecule has 0 spiro atoms. The second-order valence-corrected chi connectivity index (χ2v) is 4.80. The summed E-state index contributed by atoms with van der Waals surface area (Å²) in [6, 6.07) is 12.3. The number of hydrogen-bond acceptors (Lipinski definition) is 1. The van der Waals surface area contributed by atoms with Gasteiger partial charge in [0.1, 0.15) is 0 Å². The number of rotatable bonds is 3. The molecule has 1 fully saturated rings. The van der Waals surface area contributed by atoms with Gasteiger partial charge in [-0.25, -0.2) is 4.79 Å². The van der Waals surface area contributed by atoms with E-state index in [0.717, 1.165) is 29.8 Å². The van der Waals surface area contributed by atoms with Crippen LogP contribution in [0.4, 0.5) is 0 Å². The molecule has 3 heteroatoms. The van der Waals surface area contributed by atoms with Gasteiger partial charge in [-0.15, -0.1) is 0 Å². The van der Waals surface area contributed by atoms with Crippen molar-refractivity contribution in [2.45, 2.75) is 25.8 Å². The van der Waals surface area contributed by atoms with Crippen molar-refractivity contribution < 1.29 is 9.90 Å². The highest BCUT2D eigenvalue weighted by molar-refractivity contribution is 5.91. The minimum absolute atomic E-state index is 0.417. The van der Waals surface area contributed by atoms with Crippen LogP contribution in [0.5, 0.6) is 0 Å². The molecule has 3 rings (SSSR count). The Labute approximate surface area is 106 Å². The number of aromatic nitrogens is 1. The first kappa shape index (κ1) is 11.1. The lowest BCUT2D eigenvalue weighted by molar-refractivity contribution is 0.0696. The lowest BCUT2D eigenvalue weighted by Gasteiger charge is -2.10. The monoisotopic (exact) mass is 241 g/mol. The third-order valence-electron chi connectivity index (χ3n) is 3.50. The number of carbonyl (C=O) groups is 1. The van der Waals surface area contributed by atoms with Crippen LogP contribution >= 0.6 is 0 Å². The van der Waals surface area contributed by atoms with Gasteiger partial charge in [0.25, 0.3) is 0 Å². The molecule has 1 heterocycles. The summed E-state index contributed by atoms with van der Waals surface area (Å²) in [4.78, 5) is 11.2. The molecule has 0 bridgehead atoms. The quantitative estimate of drug-likeness (QED) is 0.893. The van der Waals surface area contributed by atoms with E-state index >= 15 is 0 Å². The summed E-state index contributed by atoms with van der Waals surface area (Å²) in [5, 5.41) is 9.24. The summed E-state index contributed by atoms with van der Waals surface area (Å²) in [5.74, 6) is -0.843. The molecule has 0 aliphatic heterocycles. The fraction of sp³-hybridized carbons (Fsp3) is 0.267. The van der Waals surface area contributed by atoms with E-state index in [1.165, 1.54) is 0 Å². The SMILES string of the molecule is Cc1c(C(=O)O)cc(-c2ccccc2)n1C1CC1. The number of aromatic carboxylic acids is 1. The number of benzene rings is 1. The highest BCUT2D eigenvalue weighted by Gasteiger charge is 2.29. The third kappa shape index (κ3) is 1.72. The van der Waals surface area contributed by atoms with Crippen LogP contribution in [0, 0.1) is 6.92 Å². The van der Waals surface area contributed by atoms with Crippen LogP contribution < -0.4 is 0 Å². The van der Waals surface area contributed by atoms with Gasteiger partial charge in [-0.1, -0.05) is 30.3 Å². The highest BCUT2D eigenvalue weighted by Crippen LogP contribution is 2.41. The average Bonchev–Trinajstić information content (AvgIpc) is 3.14. The minimum atomic E-state index is -0.843. The van der Waals surface area contributed by atoms with Gasteiger partial charge < -0.3 is 9.67 Å². The number of carboxylic acid groups (broad SMARTS) is 1. The topological polar surface area (TPSA) is 42.2 Å². The van der Waals surface area contributed by atoms with Crippen LogP contribution in [0.2, 0.25) is 0 Å². The van der Waals surface area contributed by atoms with Crippen molar-refractivity contribution in [2.24, 2.45) is 0 Å². The van der Waals surface area contributed by atoms with E-state index in [9.17, 15) is 9.90 Å². The van der Waals surface area contributed by atoms with Crippen molar-refractivity contribution in [3.05, 3.63) is 47.7 Å². The Morgan fingerprint density at radius 2 is 1.94 bits per heavy atom. The van der Waals surface area contributed by atoms with E-state index in [1.54, 1.807) is 6.07 Å². The first-order valence-electron chi connectivity index (χ1n) is 6.19. The fourth-order valence-corrected chi connectivity index (χ4v) is 2.47. The van der Waals surface area contributed by atoms with E-state index in [4.69, 9.17) is 0 Å². The zero-order chi connectivity index (χ0) is 12.7. The molecule has 1 aliphatic carbocycles. The zero-order valence-electron chi connectivity index (χ0n) is 10.3. The molecule has 1 saturated carbocycles. The lowest BCUT2D eigenvalue weighted by atomic mass is 10.1. The molecule has 0 amide bonds. The summed E-state index contributed by atoms with van der Waals surface area (Å²) in [5.41, 5.74) is 3.39. The molecular weight excluding hydrogens is 226 g/mol. The van der Waals surface area contributed by atoms with Crippen LogP contribution in [0.1, 0.15) is 34.9 Å². The Morgan fingerprint density at radius 3 is 2.50 bits per heavy atom. The van der Waals surface area contributed by atoms with Crippen molar-refractivity contribution in [3.63, 3.8) is 0 Å². The average molecular weight is 241 g/mol. The second-order valence-electron chi connectivity index (χ2n) is 4.80. The first-order chi connectivity index (χ1) is 8.68. The predicted molar refractivity (Wildman–Crippen MR) is 69.8 cm³/mol. The highest BCUT2D eigenvalue weighted by atomic mass is 16.4. The molecule has 0 atom stereocenters. The molecular formula is C15H15NO2. The number of hydrogen-bond donors (Lipinski definition) is 1. The van der Waals surface area contributed by atoms with E-state index in [2.05, 4.69) is 4.57 Å². The predicted octanol–water partition coefficient (Wildman–Crippen LogP) is 3.50. The first-order valence-corrected chi connectivity index (χ1v) is 6.19. The van der Waals surface area contributed by atoms with Gasteiger partial charge in [-0.05, 0) is 31.4 Å². The standard InChI is InChI=1S/C15H15NO2/c1-10-13(15(17)18)9-14(16(10)12-7-8-12)11-5-3-2-4-6-11/h2-6,9,12H,7-8H2,1H3,(H,17,18). The fourth-order valence-electron chi connectivity index (χ4n) is 2.47. The molecule has 1 aromatic heterocycles. The summed E-state index contributed by atoms with van der Waals surface area (Å²) in [6.07, 6.45) is 2.29. The molecule has 0 radical (unpaired) electrons. The Bertz CT molecular complexity index is 594. The maximum absolute atomic E-state index is 11.2. The van der Waals surface area contributed by atoms with Crippen molar-refractivity contribution >= 4 is 5.97 Å². The van der Waals surface area contributed by atoms with Crippen LogP contribution in [0.15, 0.2) is 36.4 Å². The van der Waals surface area contributed by atoms with Gasteiger partial charge in [-0.3, -0.25) is 0 Å². The van der Waals surface area contributed by atoms with Crippen molar-refractivity contribution in [3.8, 4) is 11.3 Å². The summed E-state index contributed by atoms with van der Waals surface area (Å²) >= 11 is 0. The van der Waals surface area contributed by atoms with E-state index in [-0.39, 0.29) is 0 Å². The molecule has 2 aromatic rings. The number of nitrogens with zero attached hydrogens (tertiary/aromatic N) is 1. The normalized spacial score (nSPS) is 14.7. The zero-order valence-corrected chi connectivity index (χ0v) is 10.3. The van der Waals surface area contributed by atoms with Crippen LogP contribution in [0.3, 0.4) is 0 Å². The Kier molecular flexibility index (Phi) is 2.47. The molecule has 0 unspecified atom stereocenters. The molecule has 3 nitrogen and oxygen atoms in total. The summed E-state index contributed by atoms with van der Waals surface area (Å²) in [6.45, 7) is 1.90. The van der Waals surface area contributed by atoms with Gasteiger partial charge in [0.15, 0.2) is 0 Å². The van der Waals surface area contributed by atoms with Crippen molar-refractivity contribution in [1.29, 1.82) is 0 Å². The van der Waals surface area contributed by atoms with Gasteiger partial charge >= 0.3 is 5.97 Å². The lowest BCUT2D eigenvalue weighted by Crippen LogP contribution is -2.02. The molecule has 18 heavy (non-hydrogen) atoms. The Balaban J connectivity index is 2.19. The van der Waals surface area contributed by atoms with Gasteiger partial charge in [0.05, 0.1) is 5.56 Å². The maximum atomic E-state index is 11.2.